The van der Waals surface area contributed by atoms with Gasteiger partial charge in [0, 0.05) is 42.8 Å². The Morgan fingerprint density at radius 3 is 2.58 bits per heavy atom. The fraction of sp³-hybridized carbons (Fsp3) is 0.200. The first-order chi connectivity index (χ1) is 11.8. The molecule has 0 radical (unpaired) electrons. The van der Waals surface area contributed by atoms with E-state index in [9.17, 15) is 0 Å². The van der Waals surface area contributed by atoms with E-state index in [4.69, 9.17) is 0 Å². The van der Waals surface area contributed by atoms with E-state index in [1.807, 2.05) is 12.1 Å². The Hall–Kier alpha value is -2.72. The van der Waals surface area contributed by atoms with Crippen LogP contribution in [0.5, 0.6) is 0 Å². The second-order valence-corrected chi connectivity index (χ2v) is 6.18. The Morgan fingerprint density at radius 1 is 0.917 bits per heavy atom. The zero-order valence-corrected chi connectivity index (χ0v) is 13.8. The highest BCUT2D eigenvalue weighted by atomic mass is 15.2. The number of anilines is 2. The van der Waals surface area contributed by atoms with Gasteiger partial charge in [-0.3, -0.25) is 0 Å². The minimum Gasteiger partial charge on any atom is -0.340 e. The highest BCUT2D eigenvalue weighted by Crippen LogP contribution is 2.33. The molecule has 1 aliphatic heterocycles. The lowest BCUT2D eigenvalue weighted by atomic mass is 10.0. The summed E-state index contributed by atoms with van der Waals surface area (Å²) in [5.74, 6) is 0. The number of rotatable bonds is 2. The van der Waals surface area contributed by atoms with E-state index in [1.165, 1.54) is 16.9 Å². The van der Waals surface area contributed by atoms with Gasteiger partial charge in [0.2, 0.25) is 0 Å². The first-order valence-corrected chi connectivity index (χ1v) is 8.23. The van der Waals surface area contributed by atoms with E-state index in [0.717, 1.165) is 30.9 Å². The molecule has 0 unspecified atom stereocenters. The highest BCUT2D eigenvalue weighted by Gasteiger charge is 2.19. The average Bonchev–Trinajstić information content (AvgIpc) is 2.80. The summed E-state index contributed by atoms with van der Waals surface area (Å²) in [4.78, 5) is 4.77. The molecular formula is C20H20N4. The molecule has 4 rings (SSSR count). The Labute approximate surface area is 142 Å². The topological polar surface area (TPSA) is 32.3 Å². The van der Waals surface area contributed by atoms with Gasteiger partial charge in [0.1, 0.15) is 0 Å². The smallest absolute Gasteiger partial charge is 0.0929 e. The van der Waals surface area contributed by atoms with Crippen LogP contribution in [0, 0.1) is 0 Å². The lowest BCUT2D eigenvalue weighted by molar-refractivity contribution is 0.343. The minimum absolute atomic E-state index is 0.915. The molecular weight excluding hydrogens is 296 g/mol. The average molecular weight is 316 g/mol. The van der Waals surface area contributed by atoms with Crippen molar-refractivity contribution < 1.29 is 0 Å². The summed E-state index contributed by atoms with van der Waals surface area (Å²) >= 11 is 0. The molecule has 1 aromatic heterocycles. The quantitative estimate of drug-likeness (QED) is 0.721. The summed E-state index contributed by atoms with van der Waals surface area (Å²) in [5, 5.41) is 8.24. The number of aromatic nitrogens is 2. The van der Waals surface area contributed by atoms with Crippen LogP contribution in [0.3, 0.4) is 0 Å². The standard InChI is InChI=1S/C20H20N4/c1-23-12-13-24(18-6-3-2-4-7-18)20-10-9-16(14-17(20)15-23)19-8-5-11-21-22-19/h2-11,14H,12-13,15H2,1H3. The number of hydrogen-bond donors (Lipinski definition) is 0. The van der Waals surface area contributed by atoms with Gasteiger partial charge in [-0.15, -0.1) is 0 Å². The van der Waals surface area contributed by atoms with Gasteiger partial charge in [-0.05, 0) is 49.0 Å². The van der Waals surface area contributed by atoms with Crippen LogP contribution in [0.1, 0.15) is 5.56 Å². The number of para-hydroxylation sites is 1. The predicted octanol–water partition coefficient (Wildman–Crippen LogP) is 3.73. The number of likely N-dealkylation sites (N-methyl/N-ethyl adjacent to an activating group) is 1. The van der Waals surface area contributed by atoms with Gasteiger partial charge in [-0.1, -0.05) is 24.3 Å². The van der Waals surface area contributed by atoms with Crippen molar-refractivity contribution in [3.63, 3.8) is 0 Å². The van der Waals surface area contributed by atoms with Crippen LogP contribution in [0.2, 0.25) is 0 Å². The Bertz CT molecular complexity index is 818. The van der Waals surface area contributed by atoms with Crippen molar-refractivity contribution >= 4 is 11.4 Å². The second-order valence-electron chi connectivity index (χ2n) is 6.18. The molecule has 0 N–H and O–H groups in total. The predicted molar refractivity (Wildman–Crippen MR) is 97.3 cm³/mol. The molecule has 0 saturated heterocycles. The molecule has 24 heavy (non-hydrogen) atoms. The maximum Gasteiger partial charge on any atom is 0.0929 e. The van der Waals surface area contributed by atoms with Crippen LogP contribution < -0.4 is 4.90 Å². The lowest BCUT2D eigenvalue weighted by Crippen LogP contribution is -2.26. The van der Waals surface area contributed by atoms with E-state index in [0.29, 0.717) is 0 Å². The molecule has 120 valence electrons. The molecule has 0 spiro atoms. The number of nitrogens with zero attached hydrogens (tertiary/aromatic N) is 4. The second kappa shape index (κ2) is 6.42. The van der Waals surface area contributed by atoms with Crippen LogP contribution in [-0.2, 0) is 6.54 Å². The van der Waals surface area contributed by atoms with Crippen molar-refractivity contribution in [1.29, 1.82) is 0 Å². The summed E-state index contributed by atoms with van der Waals surface area (Å²) in [5.41, 5.74) is 5.87. The summed E-state index contributed by atoms with van der Waals surface area (Å²) in [7, 11) is 2.17. The van der Waals surface area contributed by atoms with Gasteiger partial charge in [-0.25, -0.2) is 0 Å². The molecule has 4 heteroatoms. The molecule has 0 fully saturated rings. The normalized spacial score (nSPS) is 15.0. The monoisotopic (exact) mass is 316 g/mol. The summed E-state index contributed by atoms with van der Waals surface area (Å²) < 4.78 is 0. The van der Waals surface area contributed by atoms with Gasteiger partial charge in [0.15, 0.2) is 0 Å². The lowest BCUT2D eigenvalue weighted by Gasteiger charge is -2.25. The molecule has 0 atom stereocenters. The molecule has 0 saturated carbocycles. The molecule has 0 aliphatic carbocycles. The zero-order valence-electron chi connectivity index (χ0n) is 13.8. The highest BCUT2D eigenvalue weighted by molar-refractivity contribution is 5.72. The van der Waals surface area contributed by atoms with Gasteiger partial charge in [-0.2, -0.15) is 10.2 Å². The van der Waals surface area contributed by atoms with Gasteiger partial charge < -0.3 is 9.80 Å². The molecule has 1 aliphatic rings. The van der Waals surface area contributed by atoms with Crippen LogP contribution in [0.15, 0.2) is 66.9 Å². The maximum atomic E-state index is 4.24. The van der Waals surface area contributed by atoms with Crippen molar-refractivity contribution in [2.24, 2.45) is 0 Å². The SMILES string of the molecule is CN1CCN(c2ccccc2)c2ccc(-c3cccnn3)cc2C1. The van der Waals surface area contributed by atoms with E-state index < -0.39 is 0 Å². The van der Waals surface area contributed by atoms with Gasteiger partial charge in [0.05, 0.1) is 5.69 Å². The summed E-state index contributed by atoms with van der Waals surface area (Å²) in [6.07, 6.45) is 1.71. The first-order valence-electron chi connectivity index (χ1n) is 8.23. The molecule has 0 bridgehead atoms. The van der Waals surface area contributed by atoms with Crippen molar-refractivity contribution in [2.75, 3.05) is 25.0 Å². The third kappa shape index (κ3) is 2.88. The fourth-order valence-electron chi connectivity index (χ4n) is 3.23. The molecule has 2 heterocycles. The molecule has 2 aromatic carbocycles. The Kier molecular flexibility index (Phi) is 3.97. The van der Waals surface area contributed by atoms with E-state index in [-0.39, 0.29) is 0 Å². The van der Waals surface area contributed by atoms with Crippen molar-refractivity contribution in [1.82, 2.24) is 15.1 Å². The van der Waals surface area contributed by atoms with E-state index in [1.54, 1.807) is 6.20 Å². The van der Waals surface area contributed by atoms with Crippen LogP contribution in [0.25, 0.3) is 11.3 Å². The largest absolute Gasteiger partial charge is 0.340 e. The third-order valence-corrected chi connectivity index (χ3v) is 4.45. The van der Waals surface area contributed by atoms with Crippen molar-refractivity contribution in [3.05, 3.63) is 72.4 Å². The maximum absolute atomic E-state index is 4.24. The number of benzene rings is 2. The fourth-order valence-corrected chi connectivity index (χ4v) is 3.23. The number of fused-ring (bicyclic) bond motifs is 1. The third-order valence-electron chi connectivity index (χ3n) is 4.45. The minimum atomic E-state index is 0.915. The van der Waals surface area contributed by atoms with Crippen molar-refractivity contribution in [3.8, 4) is 11.3 Å². The molecule has 0 amide bonds. The molecule has 4 nitrogen and oxygen atoms in total. The van der Waals surface area contributed by atoms with Gasteiger partial charge in [0.25, 0.3) is 0 Å². The zero-order chi connectivity index (χ0) is 16.4. The van der Waals surface area contributed by atoms with Gasteiger partial charge >= 0.3 is 0 Å². The molecule has 3 aromatic rings. The summed E-state index contributed by atoms with van der Waals surface area (Å²) in [6.45, 7) is 2.95. The van der Waals surface area contributed by atoms with E-state index in [2.05, 4.69) is 75.6 Å². The van der Waals surface area contributed by atoms with Crippen LogP contribution in [-0.4, -0.2) is 35.2 Å². The van der Waals surface area contributed by atoms with E-state index >= 15 is 0 Å². The van der Waals surface area contributed by atoms with Crippen LogP contribution in [0.4, 0.5) is 11.4 Å². The summed E-state index contributed by atoms with van der Waals surface area (Å²) in [6, 6.07) is 21.1. The first kappa shape index (κ1) is 14.8. The van der Waals surface area contributed by atoms with Crippen molar-refractivity contribution in [2.45, 2.75) is 6.54 Å². The Morgan fingerprint density at radius 2 is 1.79 bits per heavy atom. The Balaban J connectivity index is 1.79. The van der Waals surface area contributed by atoms with Crippen LogP contribution >= 0.6 is 0 Å². The number of hydrogen-bond acceptors (Lipinski definition) is 4.